The van der Waals surface area contributed by atoms with Crippen molar-refractivity contribution in [2.24, 2.45) is 0 Å². The number of ether oxygens (including phenoxy) is 1. The highest BCUT2D eigenvalue weighted by Crippen LogP contribution is 2.23. The molecule has 156 valence electrons. The standard InChI is InChI=1S/C22H23N3O5/c1-30-22(29)18-14-25(11-12-26)21(28)19(18)24-17-9-7-16(8-10-17)20(27)23-13-15-5-3-2-4-6-15/h2-10,24,26H,11-14H2,1H3,(H,23,27). The molecule has 3 rings (SSSR count). The number of nitrogens with zero attached hydrogens (tertiary/aromatic N) is 1. The number of carbonyl (C=O) groups excluding carboxylic acids is 3. The fraction of sp³-hybridized carbons (Fsp3) is 0.227. The molecule has 0 saturated carbocycles. The average molecular weight is 409 g/mol. The fourth-order valence-corrected chi connectivity index (χ4v) is 3.08. The number of β-amino-alcohol motifs (C(OH)–C–C–N with tert-alkyl or cyclic N) is 1. The summed E-state index contributed by atoms with van der Waals surface area (Å²) in [5.74, 6) is -1.22. The Kier molecular flexibility index (Phi) is 6.82. The molecule has 0 unspecified atom stereocenters. The molecule has 1 heterocycles. The Bertz CT molecular complexity index is 954. The quantitative estimate of drug-likeness (QED) is 0.567. The number of hydrogen-bond acceptors (Lipinski definition) is 6. The summed E-state index contributed by atoms with van der Waals surface area (Å²) in [6.07, 6.45) is 0. The first kappa shape index (κ1) is 21.1. The van der Waals surface area contributed by atoms with Gasteiger partial charge in [0, 0.05) is 24.3 Å². The van der Waals surface area contributed by atoms with E-state index < -0.39 is 11.9 Å². The van der Waals surface area contributed by atoms with Gasteiger partial charge in [0.15, 0.2) is 0 Å². The van der Waals surface area contributed by atoms with Crippen molar-refractivity contribution in [2.45, 2.75) is 6.54 Å². The summed E-state index contributed by atoms with van der Waals surface area (Å²) in [5.41, 5.74) is 2.32. The van der Waals surface area contributed by atoms with Gasteiger partial charge in [0.1, 0.15) is 5.70 Å². The van der Waals surface area contributed by atoms with Crippen LogP contribution < -0.4 is 10.6 Å². The number of nitrogens with one attached hydrogen (secondary N) is 2. The maximum atomic E-state index is 12.5. The maximum Gasteiger partial charge on any atom is 0.337 e. The molecule has 8 heteroatoms. The Morgan fingerprint density at radius 2 is 1.80 bits per heavy atom. The summed E-state index contributed by atoms with van der Waals surface area (Å²) in [4.78, 5) is 38.3. The van der Waals surface area contributed by atoms with Crippen molar-refractivity contribution in [3.63, 3.8) is 0 Å². The first-order valence-corrected chi connectivity index (χ1v) is 9.44. The molecule has 8 nitrogen and oxygen atoms in total. The zero-order chi connectivity index (χ0) is 21.5. The van der Waals surface area contributed by atoms with Gasteiger partial charge in [-0.15, -0.1) is 0 Å². The molecule has 1 aliphatic rings. The van der Waals surface area contributed by atoms with Gasteiger partial charge < -0.3 is 25.4 Å². The number of amides is 2. The molecule has 0 saturated heterocycles. The predicted octanol–water partition coefficient (Wildman–Crippen LogP) is 1.29. The van der Waals surface area contributed by atoms with E-state index in [0.717, 1.165) is 5.56 Å². The molecule has 0 aromatic heterocycles. The van der Waals surface area contributed by atoms with E-state index in [4.69, 9.17) is 9.84 Å². The third-order valence-electron chi connectivity index (χ3n) is 4.67. The van der Waals surface area contributed by atoms with Gasteiger partial charge in [-0.1, -0.05) is 30.3 Å². The molecule has 3 N–H and O–H groups in total. The summed E-state index contributed by atoms with van der Waals surface area (Å²) in [6.45, 7) is 0.393. The Labute approximate surface area is 174 Å². The van der Waals surface area contributed by atoms with Gasteiger partial charge >= 0.3 is 5.97 Å². The van der Waals surface area contributed by atoms with Crippen LogP contribution in [0.1, 0.15) is 15.9 Å². The summed E-state index contributed by atoms with van der Waals surface area (Å²) < 4.78 is 4.76. The number of carbonyl (C=O) groups is 3. The van der Waals surface area contributed by atoms with Crippen LogP contribution >= 0.6 is 0 Å². The minimum absolute atomic E-state index is 0.0639. The van der Waals surface area contributed by atoms with E-state index in [-0.39, 0.29) is 36.9 Å². The molecule has 2 aromatic carbocycles. The van der Waals surface area contributed by atoms with Crippen molar-refractivity contribution in [3.8, 4) is 0 Å². The number of hydrogen-bond donors (Lipinski definition) is 3. The van der Waals surface area contributed by atoms with Crippen LogP contribution in [-0.4, -0.2) is 54.6 Å². The van der Waals surface area contributed by atoms with Crippen LogP contribution in [0.2, 0.25) is 0 Å². The van der Waals surface area contributed by atoms with Gasteiger partial charge in [-0.05, 0) is 29.8 Å². The van der Waals surface area contributed by atoms with Gasteiger partial charge in [-0.25, -0.2) is 4.79 Å². The molecule has 0 aliphatic carbocycles. The average Bonchev–Trinajstić information content (AvgIpc) is 3.08. The predicted molar refractivity (Wildman–Crippen MR) is 110 cm³/mol. The third-order valence-corrected chi connectivity index (χ3v) is 4.67. The van der Waals surface area contributed by atoms with Gasteiger partial charge in [0.25, 0.3) is 11.8 Å². The monoisotopic (exact) mass is 409 g/mol. The Morgan fingerprint density at radius 1 is 1.10 bits per heavy atom. The lowest BCUT2D eigenvalue weighted by Gasteiger charge is -2.15. The van der Waals surface area contributed by atoms with Crippen LogP contribution in [0.25, 0.3) is 0 Å². The van der Waals surface area contributed by atoms with Crippen molar-refractivity contribution in [2.75, 3.05) is 32.1 Å². The van der Waals surface area contributed by atoms with E-state index >= 15 is 0 Å². The molecule has 1 aliphatic heterocycles. The maximum absolute atomic E-state index is 12.5. The van der Waals surface area contributed by atoms with Crippen molar-refractivity contribution in [1.82, 2.24) is 10.2 Å². The smallest absolute Gasteiger partial charge is 0.337 e. The first-order valence-electron chi connectivity index (χ1n) is 9.44. The number of aliphatic hydroxyl groups is 1. The molecule has 2 amide bonds. The number of anilines is 1. The largest absolute Gasteiger partial charge is 0.466 e. The van der Waals surface area contributed by atoms with Crippen LogP contribution in [0.15, 0.2) is 65.9 Å². The zero-order valence-corrected chi connectivity index (χ0v) is 16.6. The lowest BCUT2D eigenvalue weighted by atomic mass is 10.1. The van der Waals surface area contributed by atoms with Gasteiger partial charge in [0.2, 0.25) is 0 Å². The summed E-state index contributed by atoms with van der Waals surface area (Å²) in [5, 5.41) is 14.9. The van der Waals surface area contributed by atoms with E-state index in [9.17, 15) is 14.4 Å². The topological polar surface area (TPSA) is 108 Å². The highest BCUT2D eigenvalue weighted by atomic mass is 16.5. The third kappa shape index (κ3) is 4.84. The van der Waals surface area contributed by atoms with Crippen molar-refractivity contribution >= 4 is 23.5 Å². The van der Waals surface area contributed by atoms with E-state index in [2.05, 4.69) is 10.6 Å². The highest BCUT2D eigenvalue weighted by Gasteiger charge is 2.34. The second-order valence-electron chi connectivity index (χ2n) is 6.67. The summed E-state index contributed by atoms with van der Waals surface area (Å²) in [6, 6.07) is 16.2. The van der Waals surface area contributed by atoms with Crippen LogP contribution in [-0.2, 0) is 20.9 Å². The second kappa shape index (κ2) is 9.71. The summed E-state index contributed by atoms with van der Waals surface area (Å²) >= 11 is 0. The van der Waals surface area contributed by atoms with E-state index in [1.54, 1.807) is 24.3 Å². The van der Waals surface area contributed by atoms with Crippen molar-refractivity contribution in [1.29, 1.82) is 0 Å². The first-order chi connectivity index (χ1) is 14.5. The van der Waals surface area contributed by atoms with Crippen LogP contribution in [0.3, 0.4) is 0 Å². The van der Waals surface area contributed by atoms with Gasteiger partial charge in [-0.2, -0.15) is 0 Å². The van der Waals surface area contributed by atoms with E-state index in [0.29, 0.717) is 17.8 Å². The molecule has 30 heavy (non-hydrogen) atoms. The van der Waals surface area contributed by atoms with E-state index in [1.807, 2.05) is 30.3 Å². The number of benzene rings is 2. The molecular weight excluding hydrogens is 386 g/mol. The molecule has 2 aromatic rings. The second-order valence-corrected chi connectivity index (χ2v) is 6.67. The number of rotatable bonds is 8. The van der Waals surface area contributed by atoms with Crippen molar-refractivity contribution in [3.05, 3.63) is 77.0 Å². The molecular formula is C22H23N3O5. The van der Waals surface area contributed by atoms with Crippen LogP contribution in [0.5, 0.6) is 0 Å². The van der Waals surface area contributed by atoms with Gasteiger partial charge in [0.05, 0.1) is 25.8 Å². The Hall–Kier alpha value is -3.65. The Balaban J connectivity index is 1.68. The van der Waals surface area contributed by atoms with Crippen LogP contribution in [0.4, 0.5) is 5.69 Å². The SMILES string of the molecule is COC(=O)C1=C(Nc2ccc(C(=O)NCc3ccccc3)cc2)C(=O)N(CCO)C1. The lowest BCUT2D eigenvalue weighted by Crippen LogP contribution is -2.31. The normalized spacial score (nSPS) is 13.4. The van der Waals surface area contributed by atoms with Crippen molar-refractivity contribution < 1.29 is 24.2 Å². The lowest BCUT2D eigenvalue weighted by molar-refractivity contribution is -0.136. The molecule has 0 spiro atoms. The molecule has 0 bridgehead atoms. The summed E-state index contributed by atoms with van der Waals surface area (Å²) in [7, 11) is 1.25. The van der Waals surface area contributed by atoms with Crippen LogP contribution in [0, 0.1) is 0 Å². The number of aliphatic hydroxyl groups excluding tert-OH is 1. The van der Waals surface area contributed by atoms with E-state index in [1.165, 1.54) is 12.0 Å². The fourth-order valence-electron chi connectivity index (χ4n) is 3.08. The molecule has 0 atom stereocenters. The van der Waals surface area contributed by atoms with Gasteiger partial charge in [-0.3, -0.25) is 9.59 Å². The molecule has 0 radical (unpaired) electrons. The molecule has 0 fully saturated rings. The Morgan fingerprint density at radius 3 is 2.43 bits per heavy atom. The zero-order valence-electron chi connectivity index (χ0n) is 16.6. The number of methoxy groups -OCH3 is 1. The number of esters is 1. The minimum atomic E-state index is -0.608. The minimum Gasteiger partial charge on any atom is -0.466 e. The highest BCUT2D eigenvalue weighted by molar-refractivity contribution is 6.08.